The van der Waals surface area contributed by atoms with E-state index in [0.29, 0.717) is 12.6 Å². The van der Waals surface area contributed by atoms with Gasteiger partial charge < -0.3 is 9.88 Å². The lowest BCUT2D eigenvalue weighted by atomic mass is 9.62. The molecule has 1 heterocycles. The number of nitrogens with one attached hydrogen (secondary N) is 1. The van der Waals surface area contributed by atoms with E-state index in [-0.39, 0.29) is 5.41 Å². The molecule has 21 heavy (non-hydrogen) atoms. The Balaban J connectivity index is 1.59. The van der Waals surface area contributed by atoms with Crippen LogP contribution in [0.5, 0.6) is 0 Å². The fraction of sp³-hybridized carbons (Fsp3) is 0.438. The number of aromatic nitrogens is 3. The van der Waals surface area contributed by atoms with Crippen LogP contribution < -0.4 is 5.32 Å². The van der Waals surface area contributed by atoms with Gasteiger partial charge in [0.2, 0.25) is 0 Å². The summed E-state index contributed by atoms with van der Waals surface area (Å²) in [4.78, 5) is 0. The molecule has 0 bridgehead atoms. The van der Waals surface area contributed by atoms with Crippen molar-refractivity contribution < 1.29 is 0 Å². The van der Waals surface area contributed by atoms with Crippen molar-refractivity contribution in [3.05, 3.63) is 48.0 Å². The number of hydrogen-bond donors (Lipinski definition) is 1. The lowest BCUT2D eigenvalue weighted by Crippen LogP contribution is -2.50. The highest BCUT2D eigenvalue weighted by atomic mass is 15.3. The highest BCUT2D eigenvalue weighted by Crippen LogP contribution is 2.43. The van der Waals surface area contributed by atoms with Gasteiger partial charge in [0.05, 0.1) is 18.0 Å². The first kappa shape index (κ1) is 13.8. The second-order valence-corrected chi connectivity index (χ2v) is 5.58. The molecule has 108 valence electrons. The monoisotopic (exact) mass is 281 g/mol. The molecule has 1 aliphatic carbocycles. The van der Waals surface area contributed by atoms with Gasteiger partial charge in [0.1, 0.15) is 12.2 Å². The minimum absolute atomic E-state index is 0.322. The van der Waals surface area contributed by atoms with Gasteiger partial charge in [0.25, 0.3) is 0 Å². The molecule has 1 aromatic heterocycles. The number of nitrogens with zero attached hydrogens (tertiary/aromatic N) is 4. The summed E-state index contributed by atoms with van der Waals surface area (Å²) >= 11 is 0. The van der Waals surface area contributed by atoms with E-state index in [9.17, 15) is 5.26 Å². The third-order valence-electron chi connectivity index (χ3n) is 4.32. The summed E-state index contributed by atoms with van der Waals surface area (Å²) in [5.41, 5.74) is 0.805. The van der Waals surface area contributed by atoms with Crippen LogP contribution in [-0.2, 0) is 18.5 Å². The molecular formula is C16H19N5. The average Bonchev–Trinajstić information content (AvgIpc) is 2.95. The van der Waals surface area contributed by atoms with Crippen molar-refractivity contribution in [2.24, 2.45) is 0 Å². The Morgan fingerprint density at radius 2 is 2.14 bits per heavy atom. The van der Waals surface area contributed by atoms with Crippen LogP contribution in [-0.4, -0.2) is 20.8 Å². The number of benzene rings is 1. The van der Waals surface area contributed by atoms with Gasteiger partial charge in [-0.1, -0.05) is 30.3 Å². The van der Waals surface area contributed by atoms with E-state index in [0.717, 1.165) is 30.8 Å². The molecule has 3 rings (SSSR count). The third kappa shape index (κ3) is 2.55. The molecule has 1 N–H and O–H groups in total. The predicted molar refractivity (Wildman–Crippen MR) is 79.3 cm³/mol. The maximum atomic E-state index is 9.54. The summed E-state index contributed by atoms with van der Waals surface area (Å²) in [6.45, 7) is 3.65. The fourth-order valence-electron chi connectivity index (χ4n) is 2.99. The van der Waals surface area contributed by atoms with Crippen LogP contribution in [0.15, 0.2) is 36.7 Å². The van der Waals surface area contributed by atoms with Gasteiger partial charge in [-0.2, -0.15) is 5.26 Å². The highest BCUT2D eigenvalue weighted by Gasteiger charge is 2.45. The van der Waals surface area contributed by atoms with Gasteiger partial charge in [-0.25, -0.2) is 0 Å². The molecule has 0 amide bonds. The summed E-state index contributed by atoms with van der Waals surface area (Å²) in [5.74, 6) is 0.951. The second kappa shape index (κ2) is 5.66. The Hall–Kier alpha value is -2.19. The molecule has 1 saturated carbocycles. The molecule has 0 aliphatic heterocycles. The van der Waals surface area contributed by atoms with Crippen molar-refractivity contribution in [1.82, 2.24) is 20.1 Å². The molecule has 2 aromatic rings. The van der Waals surface area contributed by atoms with Crippen LogP contribution in [0, 0.1) is 11.3 Å². The molecule has 0 radical (unpaired) electrons. The zero-order valence-electron chi connectivity index (χ0n) is 12.2. The normalized spacial score (nSPS) is 24.3. The molecule has 5 nitrogen and oxygen atoms in total. The Morgan fingerprint density at radius 1 is 1.38 bits per heavy atom. The Kier molecular flexibility index (Phi) is 3.72. The van der Waals surface area contributed by atoms with E-state index in [1.54, 1.807) is 6.33 Å². The van der Waals surface area contributed by atoms with Gasteiger partial charge in [0.15, 0.2) is 0 Å². The van der Waals surface area contributed by atoms with Gasteiger partial charge in [-0.15, -0.1) is 10.2 Å². The minimum Gasteiger partial charge on any atom is -0.317 e. The largest absolute Gasteiger partial charge is 0.317 e. The molecular weight excluding hydrogens is 262 g/mol. The number of nitriles is 1. The summed E-state index contributed by atoms with van der Waals surface area (Å²) < 4.78 is 2.03. The first-order valence-corrected chi connectivity index (χ1v) is 7.34. The summed E-state index contributed by atoms with van der Waals surface area (Å²) in [7, 11) is 0. The molecule has 0 unspecified atom stereocenters. The fourth-order valence-corrected chi connectivity index (χ4v) is 2.99. The molecule has 5 heteroatoms. The first-order valence-electron chi connectivity index (χ1n) is 7.34. The quantitative estimate of drug-likeness (QED) is 0.910. The Labute approximate surface area is 124 Å². The van der Waals surface area contributed by atoms with Gasteiger partial charge in [0, 0.05) is 12.6 Å². The second-order valence-electron chi connectivity index (χ2n) is 5.58. The van der Waals surface area contributed by atoms with E-state index in [4.69, 9.17) is 0 Å². The van der Waals surface area contributed by atoms with E-state index in [1.807, 2.05) is 34.9 Å². The third-order valence-corrected chi connectivity index (χ3v) is 4.32. The standard InChI is InChI=1S/C16H19N5/c1-2-21-12-19-20-15(21)10-18-14-8-16(9-14,11-17)13-6-4-3-5-7-13/h3-7,12,14,18H,2,8-10H2,1H3. The van der Waals surface area contributed by atoms with Crippen LogP contribution in [0.2, 0.25) is 0 Å². The Bertz CT molecular complexity index is 634. The van der Waals surface area contributed by atoms with Crippen molar-refractivity contribution in [3.8, 4) is 6.07 Å². The number of aryl methyl sites for hydroxylation is 1. The van der Waals surface area contributed by atoms with E-state index in [2.05, 4.69) is 28.5 Å². The molecule has 0 atom stereocenters. The zero-order chi connectivity index (χ0) is 14.7. The van der Waals surface area contributed by atoms with Crippen LogP contribution in [0.1, 0.15) is 31.2 Å². The molecule has 0 saturated heterocycles. The SMILES string of the molecule is CCn1cnnc1CNC1CC(C#N)(c2ccccc2)C1. The van der Waals surface area contributed by atoms with Crippen LogP contribution in [0.4, 0.5) is 0 Å². The molecule has 1 fully saturated rings. The van der Waals surface area contributed by atoms with E-state index < -0.39 is 0 Å². The predicted octanol–water partition coefficient (Wildman–Crippen LogP) is 2.01. The molecule has 1 aliphatic rings. The van der Waals surface area contributed by atoms with Crippen molar-refractivity contribution in [3.63, 3.8) is 0 Å². The van der Waals surface area contributed by atoms with E-state index in [1.165, 1.54) is 0 Å². The highest BCUT2D eigenvalue weighted by molar-refractivity contribution is 5.36. The van der Waals surface area contributed by atoms with Crippen molar-refractivity contribution in [2.45, 2.75) is 44.3 Å². The van der Waals surface area contributed by atoms with Crippen LogP contribution >= 0.6 is 0 Å². The number of hydrogen-bond acceptors (Lipinski definition) is 4. The topological polar surface area (TPSA) is 66.5 Å². The Morgan fingerprint density at radius 3 is 2.81 bits per heavy atom. The summed E-state index contributed by atoms with van der Waals surface area (Å²) in [5, 5.41) is 21.1. The maximum absolute atomic E-state index is 9.54. The maximum Gasteiger partial charge on any atom is 0.146 e. The lowest BCUT2D eigenvalue weighted by molar-refractivity contribution is 0.223. The summed E-state index contributed by atoms with van der Waals surface area (Å²) in [6.07, 6.45) is 3.46. The van der Waals surface area contributed by atoms with Gasteiger partial charge in [-0.05, 0) is 25.3 Å². The van der Waals surface area contributed by atoms with Crippen LogP contribution in [0.3, 0.4) is 0 Å². The minimum atomic E-state index is -0.322. The van der Waals surface area contributed by atoms with Crippen molar-refractivity contribution in [2.75, 3.05) is 0 Å². The average molecular weight is 281 g/mol. The van der Waals surface area contributed by atoms with Crippen LogP contribution in [0.25, 0.3) is 0 Å². The van der Waals surface area contributed by atoms with E-state index >= 15 is 0 Å². The first-order chi connectivity index (χ1) is 10.3. The molecule has 0 spiro atoms. The number of rotatable bonds is 5. The summed E-state index contributed by atoms with van der Waals surface area (Å²) in [6, 6.07) is 13.0. The zero-order valence-corrected chi connectivity index (χ0v) is 12.2. The smallest absolute Gasteiger partial charge is 0.146 e. The van der Waals surface area contributed by atoms with Gasteiger partial charge >= 0.3 is 0 Å². The van der Waals surface area contributed by atoms with Crippen molar-refractivity contribution in [1.29, 1.82) is 5.26 Å². The lowest BCUT2D eigenvalue weighted by Gasteiger charge is -2.43. The van der Waals surface area contributed by atoms with Gasteiger partial charge in [-0.3, -0.25) is 0 Å². The molecule has 1 aromatic carbocycles. The van der Waals surface area contributed by atoms with Crippen molar-refractivity contribution >= 4 is 0 Å².